The molecule has 0 atom stereocenters. The van der Waals surface area contributed by atoms with Crippen LogP contribution in [0.15, 0.2) is 24.3 Å². The smallest absolute Gasteiger partial charge is 0.253 e. The van der Waals surface area contributed by atoms with Gasteiger partial charge in [0.05, 0.1) is 7.11 Å². The molecule has 0 heterocycles. The summed E-state index contributed by atoms with van der Waals surface area (Å²) in [5.41, 5.74) is 7.09. The molecular formula is C14H20N2O4. The first kappa shape index (κ1) is 17.9. The Hall–Kier alpha value is -2.05. The van der Waals surface area contributed by atoms with Crippen LogP contribution in [0.1, 0.15) is 35.7 Å². The third kappa shape index (κ3) is 6.77. The van der Waals surface area contributed by atoms with Crippen molar-refractivity contribution in [1.82, 2.24) is 5.06 Å². The standard InChI is InChI=1S/C8H9NO.C6H11NO3/c9-5-7-1-3-8(6-10)4-2-7;1-3-4-6(9)7(5-8)10-2/h1-4,6H,5,9H2;5H,3-4H2,1-2H3. The molecule has 110 valence electrons. The van der Waals surface area contributed by atoms with Crippen molar-refractivity contribution in [1.29, 1.82) is 0 Å². The summed E-state index contributed by atoms with van der Waals surface area (Å²) in [6.45, 7) is 2.38. The lowest BCUT2D eigenvalue weighted by atomic mass is 10.1. The molecule has 2 amide bonds. The van der Waals surface area contributed by atoms with Gasteiger partial charge in [0.15, 0.2) is 0 Å². The van der Waals surface area contributed by atoms with E-state index >= 15 is 0 Å². The number of amides is 2. The van der Waals surface area contributed by atoms with Crippen molar-refractivity contribution in [3.05, 3.63) is 35.4 Å². The molecule has 6 heteroatoms. The van der Waals surface area contributed by atoms with Gasteiger partial charge in [-0.05, 0) is 12.0 Å². The van der Waals surface area contributed by atoms with Crippen molar-refractivity contribution in [3.8, 4) is 0 Å². The van der Waals surface area contributed by atoms with E-state index in [1.54, 1.807) is 12.1 Å². The zero-order valence-electron chi connectivity index (χ0n) is 11.7. The number of rotatable bonds is 6. The predicted molar refractivity (Wildman–Crippen MR) is 74.5 cm³/mol. The van der Waals surface area contributed by atoms with Crippen molar-refractivity contribution in [2.75, 3.05) is 7.11 Å². The molecule has 0 aliphatic heterocycles. The molecule has 0 spiro atoms. The molecule has 1 aromatic rings. The fraction of sp³-hybridized carbons (Fsp3) is 0.357. The molecule has 0 aromatic heterocycles. The highest BCUT2D eigenvalue weighted by Gasteiger charge is 2.08. The Balaban J connectivity index is 0.000000361. The second-order valence-corrected chi connectivity index (χ2v) is 3.82. The molecule has 20 heavy (non-hydrogen) atoms. The van der Waals surface area contributed by atoms with Crippen LogP contribution >= 0.6 is 0 Å². The van der Waals surface area contributed by atoms with E-state index in [4.69, 9.17) is 5.73 Å². The Morgan fingerprint density at radius 1 is 1.30 bits per heavy atom. The number of imide groups is 1. The number of nitrogens with two attached hydrogens (primary N) is 1. The van der Waals surface area contributed by atoms with Crippen LogP contribution in [0.2, 0.25) is 0 Å². The summed E-state index contributed by atoms with van der Waals surface area (Å²) in [4.78, 5) is 35.4. The number of nitrogens with zero attached hydrogens (tertiary/aromatic N) is 1. The highest BCUT2D eigenvalue weighted by Crippen LogP contribution is 2.00. The maximum absolute atomic E-state index is 10.8. The highest BCUT2D eigenvalue weighted by atomic mass is 16.7. The molecule has 0 aliphatic rings. The minimum Gasteiger partial charge on any atom is -0.326 e. The van der Waals surface area contributed by atoms with Crippen molar-refractivity contribution < 1.29 is 19.2 Å². The maximum Gasteiger partial charge on any atom is 0.253 e. The van der Waals surface area contributed by atoms with Crippen molar-refractivity contribution in [2.24, 2.45) is 5.73 Å². The molecule has 0 bridgehead atoms. The lowest BCUT2D eigenvalue weighted by Crippen LogP contribution is -2.27. The quantitative estimate of drug-likeness (QED) is 0.626. The Morgan fingerprint density at radius 2 is 1.90 bits per heavy atom. The normalized spacial score (nSPS) is 9.15. The maximum atomic E-state index is 10.8. The Kier molecular flexibility index (Phi) is 9.72. The van der Waals surface area contributed by atoms with Gasteiger partial charge < -0.3 is 5.73 Å². The predicted octanol–water partition coefficient (Wildman–Crippen LogP) is 1.29. The van der Waals surface area contributed by atoms with E-state index in [-0.39, 0.29) is 5.91 Å². The molecule has 0 fully saturated rings. The van der Waals surface area contributed by atoms with Crippen LogP contribution in [0.3, 0.4) is 0 Å². The van der Waals surface area contributed by atoms with Crippen molar-refractivity contribution >= 4 is 18.6 Å². The summed E-state index contributed by atoms with van der Waals surface area (Å²) in [5, 5.41) is 0.684. The second-order valence-electron chi connectivity index (χ2n) is 3.82. The summed E-state index contributed by atoms with van der Waals surface area (Å²) in [6.07, 6.45) is 2.23. The molecular weight excluding hydrogens is 260 g/mol. The van der Waals surface area contributed by atoms with Crippen LogP contribution in [-0.2, 0) is 21.0 Å². The van der Waals surface area contributed by atoms with E-state index in [9.17, 15) is 14.4 Å². The molecule has 1 aromatic carbocycles. The monoisotopic (exact) mass is 280 g/mol. The number of hydrogen-bond acceptors (Lipinski definition) is 5. The van der Waals surface area contributed by atoms with Crippen LogP contribution < -0.4 is 5.73 Å². The summed E-state index contributed by atoms with van der Waals surface area (Å²) < 4.78 is 0. The van der Waals surface area contributed by atoms with Gasteiger partial charge in [0, 0.05) is 18.5 Å². The average Bonchev–Trinajstić information content (AvgIpc) is 2.49. The highest BCUT2D eigenvalue weighted by molar-refractivity contribution is 5.84. The first-order chi connectivity index (χ1) is 9.62. The van der Waals surface area contributed by atoms with Gasteiger partial charge in [-0.15, -0.1) is 0 Å². The van der Waals surface area contributed by atoms with E-state index in [1.807, 2.05) is 19.1 Å². The Bertz CT molecular complexity index is 418. The first-order valence-electron chi connectivity index (χ1n) is 6.18. The average molecular weight is 280 g/mol. The lowest BCUT2D eigenvalue weighted by Gasteiger charge is -2.09. The minimum absolute atomic E-state index is 0.306. The van der Waals surface area contributed by atoms with Gasteiger partial charge >= 0.3 is 0 Å². The molecule has 0 saturated carbocycles. The summed E-state index contributed by atoms with van der Waals surface area (Å²) in [6, 6.07) is 7.22. The number of hydroxylamine groups is 2. The minimum atomic E-state index is -0.306. The molecule has 0 radical (unpaired) electrons. The van der Waals surface area contributed by atoms with Gasteiger partial charge in [-0.2, -0.15) is 5.06 Å². The van der Waals surface area contributed by atoms with Crippen LogP contribution in [0.5, 0.6) is 0 Å². The molecule has 1 rings (SSSR count). The number of carbonyl (C=O) groups is 3. The lowest BCUT2D eigenvalue weighted by molar-refractivity contribution is -0.178. The zero-order chi connectivity index (χ0) is 15.4. The number of carbonyl (C=O) groups excluding carboxylic acids is 3. The SMILES string of the molecule is CCCC(=O)N(C=O)OC.NCc1ccc(C=O)cc1. The van der Waals surface area contributed by atoms with E-state index in [0.29, 0.717) is 36.4 Å². The fourth-order valence-electron chi connectivity index (χ4n) is 1.26. The number of aldehydes is 1. The van der Waals surface area contributed by atoms with Crippen LogP contribution in [0.4, 0.5) is 0 Å². The van der Waals surface area contributed by atoms with E-state index < -0.39 is 0 Å². The van der Waals surface area contributed by atoms with Crippen LogP contribution in [0.25, 0.3) is 0 Å². The van der Waals surface area contributed by atoms with Gasteiger partial charge in [-0.1, -0.05) is 31.2 Å². The topological polar surface area (TPSA) is 89.7 Å². The van der Waals surface area contributed by atoms with Crippen molar-refractivity contribution in [3.63, 3.8) is 0 Å². The molecule has 0 aliphatic carbocycles. The third-order valence-electron chi connectivity index (χ3n) is 2.35. The van der Waals surface area contributed by atoms with Gasteiger partial charge in [-0.25, -0.2) is 0 Å². The summed E-state index contributed by atoms with van der Waals surface area (Å²) in [5.74, 6) is -0.306. The Labute approximate surface area is 118 Å². The van der Waals surface area contributed by atoms with Gasteiger partial charge in [0.25, 0.3) is 5.91 Å². The van der Waals surface area contributed by atoms with Crippen LogP contribution in [-0.4, -0.2) is 30.8 Å². The van der Waals surface area contributed by atoms with Gasteiger partial charge in [-0.3, -0.25) is 19.2 Å². The number of hydrogen-bond donors (Lipinski definition) is 1. The molecule has 6 nitrogen and oxygen atoms in total. The third-order valence-corrected chi connectivity index (χ3v) is 2.35. The van der Waals surface area contributed by atoms with E-state index in [0.717, 1.165) is 11.8 Å². The molecule has 2 N–H and O–H groups in total. The largest absolute Gasteiger partial charge is 0.326 e. The molecule has 0 unspecified atom stereocenters. The van der Waals surface area contributed by atoms with E-state index in [1.165, 1.54) is 7.11 Å². The van der Waals surface area contributed by atoms with Gasteiger partial charge in [0.2, 0.25) is 6.41 Å². The van der Waals surface area contributed by atoms with Gasteiger partial charge in [0.1, 0.15) is 6.29 Å². The summed E-state index contributed by atoms with van der Waals surface area (Å²) >= 11 is 0. The Morgan fingerprint density at radius 3 is 2.25 bits per heavy atom. The zero-order valence-corrected chi connectivity index (χ0v) is 11.7. The van der Waals surface area contributed by atoms with E-state index in [2.05, 4.69) is 4.84 Å². The van der Waals surface area contributed by atoms with Crippen molar-refractivity contribution in [2.45, 2.75) is 26.3 Å². The fourth-order valence-corrected chi connectivity index (χ4v) is 1.26. The first-order valence-corrected chi connectivity index (χ1v) is 6.18. The summed E-state index contributed by atoms with van der Waals surface area (Å²) in [7, 11) is 1.28. The number of benzene rings is 1. The second kappa shape index (κ2) is 10.8. The molecule has 0 saturated heterocycles. The van der Waals surface area contributed by atoms with Crippen LogP contribution in [0, 0.1) is 0 Å².